The highest BCUT2D eigenvalue weighted by Gasteiger charge is 2.42. The van der Waals surface area contributed by atoms with E-state index in [9.17, 15) is 4.79 Å². The number of ether oxygens (including phenoxy) is 3. The van der Waals surface area contributed by atoms with Crippen molar-refractivity contribution in [1.82, 2.24) is 0 Å². The number of benzene rings is 1. The molecule has 1 aliphatic rings. The fourth-order valence-corrected chi connectivity index (χ4v) is 1.99. The van der Waals surface area contributed by atoms with Crippen molar-refractivity contribution in [3.8, 4) is 5.75 Å². The molecular weight excluding hydrogens is 244 g/mol. The predicted molar refractivity (Wildman–Crippen MR) is 71.6 cm³/mol. The normalized spacial score (nSPS) is 22.2. The molecule has 1 aromatic carbocycles. The summed E-state index contributed by atoms with van der Waals surface area (Å²) in [5, 5.41) is 0. The van der Waals surface area contributed by atoms with Crippen LogP contribution in [0.5, 0.6) is 5.75 Å². The number of methoxy groups -OCH3 is 1. The number of aryl methyl sites for hydroxylation is 2. The summed E-state index contributed by atoms with van der Waals surface area (Å²) in [6.45, 7) is 5.00. The number of hydrogen-bond acceptors (Lipinski definition) is 4. The van der Waals surface area contributed by atoms with Crippen molar-refractivity contribution >= 4 is 5.78 Å². The van der Waals surface area contributed by atoms with E-state index in [2.05, 4.69) is 6.92 Å². The minimum atomic E-state index is -0.447. The van der Waals surface area contributed by atoms with Crippen molar-refractivity contribution in [3.63, 3.8) is 0 Å². The van der Waals surface area contributed by atoms with Crippen LogP contribution in [-0.4, -0.2) is 38.3 Å². The number of carbonyl (C=O) groups excluding carboxylic acids is 1. The van der Waals surface area contributed by atoms with Crippen LogP contribution in [0.2, 0.25) is 0 Å². The smallest absolute Gasteiger partial charge is 0.169 e. The average Bonchev–Trinajstić information content (AvgIpc) is 2.38. The standard InChI is InChI=1S/C15H20O4/c1-10-4-5-12(8-11(10)2)19-14-9-13(16)15(14)18-7-6-17-3/h4-5,8,14-15H,6-7,9H2,1-3H3. The molecule has 1 aliphatic carbocycles. The van der Waals surface area contributed by atoms with Crippen LogP contribution in [0.4, 0.5) is 0 Å². The molecule has 2 atom stereocenters. The van der Waals surface area contributed by atoms with Gasteiger partial charge >= 0.3 is 0 Å². The lowest BCUT2D eigenvalue weighted by atomic mass is 9.90. The highest BCUT2D eigenvalue weighted by molar-refractivity contribution is 5.90. The Morgan fingerprint density at radius 1 is 1.21 bits per heavy atom. The Morgan fingerprint density at radius 3 is 2.63 bits per heavy atom. The maximum Gasteiger partial charge on any atom is 0.169 e. The second-order valence-electron chi connectivity index (χ2n) is 4.86. The zero-order chi connectivity index (χ0) is 13.8. The molecule has 4 nitrogen and oxygen atoms in total. The van der Waals surface area contributed by atoms with E-state index in [1.807, 2.05) is 25.1 Å². The molecule has 0 heterocycles. The van der Waals surface area contributed by atoms with Crippen molar-refractivity contribution in [2.45, 2.75) is 32.5 Å². The highest BCUT2D eigenvalue weighted by Crippen LogP contribution is 2.26. The summed E-state index contributed by atoms with van der Waals surface area (Å²) in [4.78, 5) is 11.5. The van der Waals surface area contributed by atoms with E-state index in [1.165, 1.54) is 11.1 Å². The molecule has 2 rings (SSSR count). The summed E-state index contributed by atoms with van der Waals surface area (Å²) in [7, 11) is 1.61. The number of Topliss-reactive ketones (excluding diaryl/α,β-unsaturated/α-hetero) is 1. The van der Waals surface area contributed by atoms with Crippen molar-refractivity contribution in [3.05, 3.63) is 29.3 Å². The zero-order valence-electron chi connectivity index (χ0n) is 11.6. The zero-order valence-corrected chi connectivity index (χ0v) is 11.6. The molecule has 1 fully saturated rings. The van der Waals surface area contributed by atoms with E-state index in [0.717, 1.165) is 5.75 Å². The van der Waals surface area contributed by atoms with Gasteiger partial charge in [-0.2, -0.15) is 0 Å². The predicted octanol–water partition coefficient (Wildman–Crippen LogP) is 2.06. The lowest BCUT2D eigenvalue weighted by molar-refractivity contribution is -0.156. The molecule has 2 unspecified atom stereocenters. The number of hydrogen-bond donors (Lipinski definition) is 0. The van der Waals surface area contributed by atoms with Gasteiger partial charge in [0, 0.05) is 13.5 Å². The van der Waals surface area contributed by atoms with Gasteiger partial charge in [-0.1, -0.05) is 6.07 Å². The Bertz CT molecular complexity index is 455. The third-order valence-corrected chi connectivity index (χ3v) is 3.41. The Labute approximate surface area is 113 Å². The SMILES string of the molecule is COCCOC1C(=O)CC1Oc1ccc(C)c(C)c1. The Balaban J connectivity index is 1.91. The van der Waals surface area contributed by atoms with Crippen LogP contribution in [0, 0.1) is 13.8 Å². The lowest BCUT2D eigenvalue weighted by Crippen LogP contribution is -2.52. The number of rotatable bonds is 6. The summed E-state index contributed by atoms with van der Waals surface area (Å²) >= 11 is 0. The summed E-state index contributed by atoms with van der Waals surface area (Å²) < 4.78 is 16.2. The van der Waals surface area contributed by atoms with Crippen molar-refractivity contribution in [1.29, 1.82) is 0 Å². The van der Waals surface area contributed by atoms with Gasteiger partial charge in [0.1, 0.15) is 11.9 Å². The van der Waals surface area contributed by atoms with Crippen LogP contribution < -0.4 is 4.74 Å². The minimum Gasteiger partial charge on any atom is -0.487 e. The molecule has 0 saturated heterocycles. The third kappa shape index (κ3) is 3.33. The van der Waals surface area contributed by atoms with Crippen LogP contribution in [0.1, 0.15) is 17.5 Å². The molecule has 0 amide bonds. The second kappa shape index (κ2) is 6.17. The van der Waals surface area contributed by atoms with Gasteiger partial charge in [0.25, 0.3) is 0 Å². The molecule has 0 aliphatic heterocycles. The Morgan fingerprint density at radius 2 is 2.00 bits per heavy atom. The maximum atomic E-state index is 11.5. The maximum absolute atomic E-state index is 11.5. The Kier molecular flexibility index (Phi) is 4.56. The van der Waals surface area contributed by atoms with Crippen LogP contribution in [0.15, 0.2) is 18.2 Å². The van der Waals surface area contributed by atoms with Gasteiger partial charge in [0.2, 0.25) is 0 Å². The van der Waals surface area contributed by atoms with Gasteiger partial charge in [0.05, 0.1) is 13.2 Å². The van der Waals surface area contributed by atoms with Crippen molar-refractivity contribution in [2.75, 3.05) is 20.3 Å². The molecule has 19 heavy (non-hydrogen) atoms. The first-order valence-electron chi connectivity index (χ1n) is 6.49. The molecule has 0 bridgehead atoms. The molecular formula is C15H20O4. The topological polar surface area (TPSA) is 44.8 Å². The van der Waals surface area contributed by atoms with Gasteiger partial charge in [0.15, 0.2) is 11.9 Å². The Hall–Kier alpha value is -1.39. The molecule has 104 valence electrons. The van der Waals surface area contributed by atoms with Crippen molar-refractivity contribution in [2.24, 2.45) is 0 Å². The lowest BCUT2D eigenvalue weighted by Gasteiger charge is -2.34. The molecule has 0 spiro atoms. The minimum absolute atomic E-state index is 0.102. The summed E-state index contributed by atoms with van der Waals surface area (Å²) in [6.07, 6.45) is -0.201. The van der Waals surface area contributed by atoms with E-state index in [1.54, 1.807) is 7.11 Å². The summed E-state index contributed by atoms with van der Waals surface area (Å²) in [6, 6.07) is 5.94. The molecule has 0 radical (unpaired) electrons. The molecule has 1 saturated carbocycles. The summed E-state index contributed by atoms with van der Waals surface area (Å²) in [5.74, 6) is 0.894. The average molecular weight is 264 g/mol. The van der Waals surface area contributed by atoms with E-state index in [4.69, 9.17) is 14.2 Å². The van der Waals surface area contributed by atoms with Gasteiger partial charge < -0.3 is 14.2 Å². The molecule has 0 N–H and O–H groups in total. The number of carbonyl (C=O) groups is 1. The first-order valence-corrected chi connectivity index (χ1v) is 6.49. The monoisotopic (exact) mass is 264 g/mol. The van der Waals surface area contributed by atoms with Crippen LogP contribution >= 0.6 is 0 Å². The molecule has 4 heteroatoms. The van der Waals surface area contributed by atoms with Gasteiger partial charge in [-0.05, 0) is 37.1 Å². The molecule has 0 aromatic heterocycles. The van der Waals surface area contributed by atoms with Gasteiger partial charge in [-0.15, -0.1) is 0 Å². The van der Waals surface area contributed by atoms with Crippen LogP contribution in [0.25, 0.3) is 0 Å². The van der Waals surface area contributed by atoms with E-state index in [0.29, 0.717) is 19.6 Å². The van der Waals surface area contributed by atoms with Crippen molar-refractivity contribution < 1.29 is 19.0 Å². The van der Waals surface area contributed by atoms with Gasteiger partial charge in [-0.25, -0.2) is 0 Å². The van der Waals surface area contributed by atoms with E-state index >= 15 is 0 Å². The van der Waals surface area contributed by atoms with Crippen LogP contribution in [0.3, 0.4) is 0 Å². The third-order valence-electron chi connectivity index (χ3n) is 3.41. The fourth-order valence-electron chi connectivity index (χ4n) is 1.99. The first-order chi connectivity index (χ1) is 9.11. The van der Waals surface area contributed by atoms with Crippen LogP contribution in [-0.2, 0) is 14.3 Å². The second-order valence-corrected chi connectivity index (χ2v) is 4.86. The first kappa shape index (κ1) is 14.0. The quantitative estimate of drug-likeness (QED) is 0.738. The fraction of sp³-hybridized carbons (Fsp3) is 0.533. The van der Waals surface area contributed by atoms with Gasteiger partial charge in [-0.3, -0.25) is 4.79 Å². The highest BCUT2D eigenvalue weighted by atomic mass is 16.6. The van der Waals surface area contributed by atoms with E-state index in [-0.39, 0.29) is 11.9 Å². The van der Waals surface area contributed by atoms with E-state index < -0.39 is 6.10 Å². The molecule has 1 aromatic rings. The largest absolute Gasteiger partial charge is 0.487 e. The summed E-state index contributed by atoms with van der Waals surface area (Å²) in [5.41, 5.74) is 2.41. The number of ketones is 1.